The average molecular weight is 197 g/mol. The van der Waals surface area contributed by atoms with Gasteiger partial charge in [0.05, 0.1) is 0 Å². The highest BCUT2D eigenvalue weighted by Gasteiger charge is 2.18. The van der Waals surface area contributed by atoms with Crippen molar-refractivity contribution in [3.8, 4) is 0 Å². The highest BCUT2D eigenvalue weighted by molar-refractivity contribution is 7.71. The second-order valence-corrected chi connectivity index (χ2v) is 4.12. The fraction of sp³-hybridized carbons (Fsp3) is 0.667. The number of H-pyrrole nitrogens is 1. The molecule has 0 bridgehead atoms. The van der Waals surface area contributed by atoms with Crippen LogP contribution in [0, 0.1) is 4.77 Å². The van der Waals surface area contributed by atoms with Crippen LogP contribution in [0.4, 0.5) is 0 Å². The van der Waals surface area contributed by atoms with Crippen molar-refractivity contribution in [3.63, 3.8) is 0 Å². The Morgan fingerprint density at radius 2 is 2.46 bits per heavy atom. The maximum absolute atomic E-state index is 5.19. The predicted molar refractivity (Wildman–Crippen MR) is 55.4 cm³/mol. The van der Waals surface area contributed by atoms with Gasteiger partial charge >= 0.3 is 0 Å². The van der Waals surface area contributed by atoms with Gasteiger partial charge < -0.3 is 14.5 Å². The number of nitrogens with one attached hydrogen (secondary N) is 1. The molecular weight excluding hydrogens is 182 g/mol. The van der Waals surface area contributed by atoms with Gasteiger partial charge in [0, 0.05) is 25.0 Å². The quantitative estimate of drug-likeness (QED) is 0.694. The van der Waals surface area contributed by atoms with Crippen molar-refractivity contribution in [1.29, 1.82) is 0 Å². The molecule has 1 aromatic heterocycles. The van der Waals surface area contributed by atoms with Crippen LogP contribution in [-0.2, 0) is 0 Å². The first-order valence-electron chi connectivity index (χ1n) is 4.71. The zero-order chi connectivity index (χ0) is 9.26. The topological polar surface area (TPSA) is 24.0 Å². The highest BCUT2D eigenvalue weighted by atomic mass is 32.1. The summed E-state index contributed by atoms with van der Waals surface area (Å²) in [6.07, 6.45) is 6.48. The molecule has 13 heavy (non-hydrogen) atoms. The number of aromatic nitrogens is 2. The maximum Gasteiger partial charge on any atom is 0.177 e. The first kappa shape index (κ1) is 8.97. The van der Waals surface area contributed by atoms with Crippen LogP contribution in [0.2, 0.25) is 0 Å². The molecule has 1 fully saturated rings. The zero-order valence-corrected chi connectivity index (χ0v) is 8.68. The summed E-state index contributed by atoms with van der Waals surface area (Å²) in [4.78, 5) is 5.40. The molecule has 0 amide bonds. The van der Waals surface area contributed by atoms with Gasteiger partial charge in [0.15, 0.2) is 4.77 Å². The summed E-state index contributed by atoms with van der Waals surface area (Å²) in [5, 5.41) is 0. The Morgan fingerprint density at radius 1 is 1.62 bits per heavy atom. The summed E-state index contributed by atoms with van der Waals surface area (Å²) in [7, 11) is 2.17. The number of likely N-dealkylation sites (tertiary alicyclic amines) is 1. The molecule has 1 saturated heterocycles. The van der Waals surface area contributed by atoms with Crippen LogP contribution < -0.4 is 0 Å². The summed E-state index contributed by atoms with van der Waals surface area (Å²) < 4.78 is 3.02. The van der Waals surface area contributed by atoms with Crippen molar-refractivity contribution in [2.75, 3.05) is 20.1 Å². The molecular formula is C9H15N3S. The van der Waals surface area contributed by atoms with E-state index in [2.05, 4.69) is 21.5 Å². The van der Waals surface area contributed by atoms with E-state index in [9.17, 15) is 0 Å². The van der Waals surface area contributed by atoms with Crippen LogP contribution >= 0.6 is 12.2 Å². The van der Waals surface area contributed by atoms with E-state index in [1.165, 1.54) is 19.4 Å². The minimum atomic E-state index is 0.567. The summed E-state index contributed by atoms with van der Waals surface area (Å²) >= 11 is 5.19. The van der Waals surface area contributed by atoms with Gasteiger partial charge in [-0.05, 0) is 38.7 Å². The molecule has 1 aliphatic heterocycles. The number of imidazole rings is 1. The minimum Gasteiger partial charge on any atom is -0.337 e. The smallest absolute Gasteiger partial charge is 0.177 e. The molecule has 2 rings (SSSR count). The molecule has 0 aliphatic carbocycles. The van der Waals surface area contributed by atoms with Crippen molar-refractivity contribution in [2.24, 2.45) is 0 Å². The lowest BCUT2D eigenvalue weighted by Crippen LogP contribution is -2.33. The van der Waals surface area contributed by atoms with Gasteiger partial charge in [0.25, 0.3) is 0 Å². The van der Waals surface area contributed by atoms with Gasteiger partial charge in [-0.25, -0.2) is 0 Å². The molecule has 0 aromatic carbocycles. The normalized spacial score (nSPS) is 24.8. The molecule has 1 N–H and O–H groups in total. The Balaban J connectivity index is 2.17. The largest absolute Gasteiger partial charge is 0.337 e. The number of likely N-dealkylation sites (N-methyl/N-ethyl adjacent to an activating group) is 1. The molecule has 3 nitrogen and oxygen atoms in total. The van der Waals surface area contributed by atoms with Gasteiger partial charge in [0.2, 0.25) is 0 Å². The van der Waals surface area contributed by atoms with Crippen molar-refractivity contribution in [1.82, 2.24) is 14.5 Å². The molecule has 72 valence electrons. The summed E-state index contributed by atoms with van der Waals surface area (Å²) in [6, 6.07) is 0.567. The molecule has 1 aliphatic rings. The SMILES string of the molecule is CN1CCCC(n2cc[nH]c2=S)C1. The number of hydrogen-bond acceptors (Lipinski definition) is 2. The summed E-state index contributed by atoms with van der Waals surface area (Å²) in [6.45, 7) is 2.33. The number of piperidine rings is 1. The number of hydrogen-bond donors (Lipinski definition) is 1. The van der Waals surface area contributed by atoms with E-state index in [-0.39, 0.29) is 0 Å². The van der Waals surface area contributed by atoms with E-state index in [0.717, 1.165) is 11.3 Å². The van der Waals surface area contributed by atoms with Gasteiger partial charge in [-0.1, -0.05) is 0 Å². The lowest BCUT2D eigenvalue weighted by molar-refractivity contribution is 0.211. The summed E-state index contributed by atoms with van der Waals surface area (Å²) in [5.41, 5.74) is 0. The number of aromatic amines is 1. The lowest BCUT2D eigenvalue weighted by atomic mass is 10.1. The third kappa shape index (κ3) is 1.84. The molecule has 1 unspecified atom stereocenters. The van der Waals surface area contributed by atoms with Crippen molar-refractivity contribution < 1.29 is 0 Å². The van der Waals surface area contributed by atoms with Crippen LogP contribution in [-0.4, -0.2) is 34.6 Å². The predicted octanol–water partition coefficient (Wildman–Crippen LogP) is 1.81. The van der Waals surface area contributed by atoms with Crippen LogP contribution in [0.1, 0.15) is 18.9 Å². The monoisotopic (exact) mass is 197 g/mol. The maximum atomic E-state index is 5.19. The molecule has 2 heterocycles. The van der Waals surface area contributed by atoms with Gasteiger partial charge in [-0.15, -0.1) is 0 Å². The second kappa shape index (κ2) is 3.64. The molecule has 1 aromatic rings. The van der Waals surface area contributed by atoms with Gasteiger partial charge in [0.1, 0.15) is 0 Å². The highest BCUT2D eigenvalue weighted by Crippen LogP contribution is 2.20. The van der Waals surface area contributed by atoms with E-state index >= 15 is 0 Å². The fourth-order valence-electron chi connectivity index (χ4n) is 1.98. The van der Waals surface area contributed by atoms with Crippen LogP contribution in [0.3, 0.4) is 0 Å². The fourth-order valence-corrected chi connectivity index (χ4v) is 2.26. The van der Waals surface area contributed by atoms with Gasteiger partial charge in [-0.3, -0.25) is 0 Å². The Kier molecular flexibility index (Phi) is 2.51. The molecule has 4 heteroatoms. The first-order chi connectivity index (χ1) is 6.27. The molecule has 1 atom stereocenters. The number of nitrogens with zero attached hydrogens (tertiary/aromatic N) is 2. The summed E-state index contributed by atoms with van der Waals surface area (Å²) in [5.74, 6) is 0. The van der Waals surface area contributed by atoms with E-state index in [4.69, 9.17) is 12.2 Å². The third-order valence-electron chi connectivity index (χ3n) is 2.67. The van der Waals surface area contributed by atoms with Crippen LogP contribution in [0.5, 0.6) is 0 Å². The Labute approximate surface area is 83.4 Å². The second-order valence-electron chi connectivity index (χ2n) is 3.73. The molecule has 0 spiro atoms. The Bertz CT molecular complexity index is 328. The zero-order valence-electron chi connectivity index (χ0n) is 7.86. The Hall–Kier alpha value is -0.610. The average Bonchev–Trinajstić information content (AvgIpc) is 2.51. The molecule has 0 saturated carbocycles. The lowest BCUT2D eigenvalue weighted by Gasteiger charge is -2.30. The van der Waals surface area contributed by atoms with Crippen LogP contribution in [0.15, 0.2) is 12.4 Å². The standard InChI is InChI=1S/C9H15N3S/c1-11-5-2-3-8(7-11)12-6-4-10-9(12)13/h4,6,8H,2-3,5,7H2,1H3,(H,10,13). The van der Waals surface area contributed by atoms with Gasteiger partial charge in [-0.2, -0.15) is 0 Å². The van der Waals surface area contributed by atoms with Crippen molar-refractivity contribution >= 4 is 12.2 Å². The molecule has 0 radical (unpaired) electrons. The van der Waals surface area contributed by atoms with Crippen molar-refractivity contribution in [2.45, 2.75) is 18.9 Å². The Morgan fingerprint density at radius 3 is 3.08 bits per heavy atom. The van der Waals surface area contributed by atoms with E-state index < -0.39 is 0 Å². The first-order valence-corrected chi connectivity index (χ1v) is 5.12. The minimum absolute atomic E-state index is 0.567. The van der Waals surface area contributed by atoms with E-state index in [1.54, 1.807) is 0 Å². The van der Waals surface area contributed by atoms with E-state index in [0.29, 0.717) is 6.04 Å². The number of rotatable bonds is 1. The van der Waals surface area contributed by atoms with E-state index in [1.807, 2.05) is 12.4 Å². The third-order valence-corrected chi connectivity index (χ3v) is 3.00. The van der Waals surface area contributed by atoms with Crippen molar-refractivity contribution in [3.05, 3.63) is 17.2 Å². The van der Waals surface area contributed by atoms with Crippen LogP contribution in [0.25, 0.3) is 0 Å².